The maximum Gasteiger partial charge on any atom is 0.251 e. The molecule has 0 heterocycles. The van der Waals surface area contributed by atoms with Gasteiger partial charge in [-0.25, -0.2) is 17.6 Å². The maximum absolute atomic E-state index is 13.8. The number of hydrogen-bond acceptors (Lipinski definition) is 4. The Labute approximate surface area is 229 Å². The van der Waals surface area contributed by atoms with E-state index in [4.69, 9.17) is 4.74 Å². The van der Waals surface area contributed by atoms with Crippen molar-refractivity contribution in [1.82, 2.24) is 10.2 Å². The summed E-state index contributed by atoms with van der Waals surface area (Å²) >= 11 is 0. The summed E-state index contributed by atoms with van der Waals surface area (Å²) in [5, 5.41) is 2.92. The average Bonchev–Trinajstić information content (AvgIpc) is 2.91. The van der Waals surface area contributed by atoms with Crippen LogP contribution in [0.15, 0.2) is 71.8 Å². The van der Waals surface area contributed by atoms with Gasteiger partial charge in [0.05, 0.1) is 0 Å². The molecule has 1 fully saturated rings. The molecule has 3 aromatic carbocycles. The van der Waals surface area contributed by atoms with Crippen LogP contribution in [0.5, 0.6) is 5.75 Å². The van der Waals surface area contributed by atoms with Crippen LogP contribution in [-0.4, -0.2) is 49.9 Å². The minimum atomic E-state index is -1.06. The number of hydrogen-bond donors (Lipinski definition) is 1. The van der Waals surface area contributed by atoms with Crippen LogP contribution in [-0.2, 0) is 4.79 Å². The third-order valence-electron chi connectivity index (χ3n) is 6.34. The Bertz CT molecular complexity index is 1390. The summed E-state index contributed by atoms with van der Waals surface area (Å²) in [4.78, 5) is 28.3. The van der Waals surface area contributed by atoms with E-state index in [1.807, 2.05) is 19.0 Å². The van der Waals surface area contributed by atoms with Gasteiger partial charge >= 0.3 is 0 Å². The molecule has 0 radical (unpaired) electrons. The Morgan fingerprint density at radius 1 is 0.850 bits per heavy atom. The number of rotatable bonds is 8. The number of carbonyl (C=O) groups is 2. The van der Waals surface area contributed by atoms with Crippen molar-refractivity contribution in [2.24, 2.45) is 0 Å². The number of nitrogens with one attached hydrogen (secondary N) is 1. The SMILES string of the molecule is CN(C)CCOc1ccc(C(=O)NC2CC(=Cc3ccc(F)c(F)c3)C(=O)C(=Cc3ccc(F)c(F)c3)C2)cc1. The Kier molecular flexibility index (Phi) is 9.16. The van der Waals surface area contributed by atoms with Crippen LogP contribution in [0.3, 0.4) is 0 Å². The highest BCUT2D eigenvalue weighted by Gasteiger charge is 2.29. The molecule has 1 aliphatic rings. The molecular weight excluding hydrogens is 524 g/mol. The first kappa shape index (κ1) is 28.8. The van der Waals surface area contributed by atoms with Crippen molar-refractivity contribution in [3.63, 3.8) is 0 Å². The van der Waals surface area contributed by atoms with E-state index < -0.39 is 29.3 Å². The van der Waals surface area contributed by atoms with Crippen LogP contribution in [0.4, 0.5) is 17.6 Å². The van der Waals surface area contributed by atoms with E-state index in [0.717, 1.165) is 30.8 Å². The number of benzene rings is 3. The number of carbonyl (C=O) groups excluding carboxylic acids is 2. The van der Waals surface area contributed by atoms with Gasteiger partial charge in [0, 0.05) is 29.3 Å². The number of amides is 1. The monoisotopic (exact) mass is 552 g/mol. The molecule has 0 spiro atoms. The molecule has 208 valence electrons. The van der Waals surface area contributed by atoms with Gasteiger partial charge in [-0.2, -0.15) is 0 Å². The topological polar surface area (TPSA) is 58.6 Å². The fourth-order valence-electron chi connectivity index (χ4n) is 4.27. The van der Waals surface area contributed by atoms with Crippen molar-refractivity contribution in [3.8, 4) is 5.75 Å². The van der Waals surface area contributed by atoms with Crippen LogP contribution >= 0.6 is 0 Å². The fraction of sp³-hybridized carbons (Fsp3) is 0.226. The van der Waals surface area contributed by atoms with Crippen molar-refractivity contribution in [3.05, 3.63) is 112 Å². The third-order valence-corrected chi connectivity index (χ3v) is 6.34. The molecule has 0 saturated heterocycles. The van der Waals surface area contributed by atoms with Crippen molar-refractivity contribution in [2.75, 3.05) is 27.2 Å². The summed E-state index contributed by atoms with van der Waals surface area (Å²) in [6.45, 7) is 1.23. The summed E-state index contributed by atoms with van der Waals surface area (Å²) in [7, 11) is 3.87. The lowest BCUT2D eigenvalue weighted by Crippen LogP contribution is -2.39. The molecule has 1 amide bonds. The summed E-state index contributed by atoms with van der Waals surface area (Å²) in [5.41, 5.74) is 1.42. The van der Waals surface area contributed by atoms with Gasteiger partial charge in [0.2, 0.25) is 0 Å². The highest BCUT2D eigenvalue weighted by atomic mass is 19.2. The zero-order valence-corrected chi connectivity index (χ0v) is 22.0. The smallest absolute Gasteiger partial charge is 0.251 e. The van der Waals surface area contributed by atoms with Crippen molar-refractivity contribution < 1.29 is 31.9 Å². The second-order valence-electron chi connectivity index (χ2n) is 9.77. The predicted octanol–water partition coefficient (Wildman–Crippen LogP) is 5.81. The van der Waals surface area contributed by atoms with E-state index in [0.29, 0.717) is 17.9 Å². The lowest BCUT2D eigenvalue weighted by Gasteiger charge is -2.27. The summed E-state index contributed by atoms with van der Waals surface area (Å²) in [6.07, 6.45) is 3.12. The molecule has 1 N–H and O–H groups in total. The third kappa shape index (κ3) is 7.45. The van der Waals surface area contributed by atoms with Crippen molar-refractivity contribution >= 4 is 23.8 Å². The second-order valence-corrected chi connectivity index (χ2v) is 9.77. The van der Waals surface area contributed by atoms with E-state index in [1.54, 1.807) is 24.3 Å². The van der Waals surface area contributed by atoms with Gasteiger partial charge in [-0.3, -0.25) is 9.59 Å². The first-order chi connectivity index (χ1) is 19.1. The Morgan fingerprint density at radius 3 is 1.85 bits per heavy atom. The molecule has 0 aromatic heterocycles. The summed E-state index contributed by atoms with van der Waals surface area (Å²) in [6, 6.07) is 12.6. The Morgan fingerprint density at radius 2 is 1.38 bits per heavy atom. The van der Waals surface area contributed by atoms with Crippen molar-refractivity contribution in [1.29, 1.82) is 0 Å². The molecule has 9 heteroatoms. The molecular formula is C31H28F4N2O3. The molecule has 0 bridgehead atoms. The first-order valence-electron chi connectivity index (χ1n) is 12.6. The molecule has 0 unspecified atom stereocenters. The van der Waals surface area contributed by atoms with Crippen LogP contribution in [0.2, 0.25) is 0 Å². The fourth-order valence-corrected chi connectivity index (χ4v) is 4.27. The number of likely N-dealkylation sites (N-methyl/N-ethyl adjacent to an activating group) is 1. The highest BCUT2D eigenvalue weighted by molar-refractivity contribution is 6.14. The van der Waals surface area contributed by atoms with Crippen LogP contribution in [0.25, 0.3) is 12.2 Å². The lowest BCUT2D eigenvalue weighted by atomic mass is 9.83. The van der Waals surface area contributed by atoms with Gasteiger partial charge in [-0.1, -0.05) is 12.1 Å². The van der Waals surface area contributed by atoms with Gasteiger partial charge in [0.1, 0.15) is 12.4 Å². The first-order valence-corrected chi connectivity index (χ1v) is 12.6. The summed E-state index contributed by atoms with van der Waals surface area (Å²) < 4.78 is 60.1. The van der Waals surface area contributed by atoms with Gasteiger partial charge in [0.15, 0.2) is 29.1 Å². The van der Waals surface area contributed by atoms with Crippen LogP contribution in [0, 0.1) is 23.3 Å². The predicted molar refractivity (Wildman–Crippen MR) is 145 cm³/mol. The van der Waals surface area contributed by atoms with Crippen LogP contribution < -0.4 is 10.1 Å². The summed E-state index contributed by atoms with van der Waals surface area (Å²) in [5.74, 6) is -4.30. The second kappa shape index (κ2) is 12.7. The van der Waals surface area contributed by atoms with E-state index in [1.165, 1.54) is 24.3 Å². The van der Waals surface area contributed by atoms with E-state index in [9.17, 15) is 27.2 Å². The number of ketones is 1. The van der Waals surface area contributed by atoms with E-state index in [-0.39, 0.29) is 46.8 Å². The average molecular weight is 553 g/mol. The van der Waals surface area contributed by atoms with E-state index >= 15 is 0 Å². The minimum Gasteiger partial charge on any atom is -0.492 e. The molecule has 4 rings (SSSR count). The number of nitrogens with zero attached hydrogens (tertiary/aromatic N) is 1. The number of ether oxygens (including phenoxy) is 1. The Balaban J connectivity index is 1.57. The van der Waals surface area contributed by atoms with Gasteiger partial charge in [0.25, 0.3) is 5.91 Å². The highest BCUT2D eigenvalue weighted by Crippen LogP contribution is 2.29. The van der Waals surface area contributed by atoms with Crippen LogP contribution in [0.1, 0.15) is 34.3 Å². The molecule has 0 aliphatic heterocycles. The zero-order chi connectivity index (χ0) is 28.8. The number of halogens is 4. The quantitative estimate of drug-likeness (QED) is 0.283. The van der Waals surface area contributed by atoms with Gasteiger partial charge < -0.3 is 15.0 Å². The molecule has 40 heavy (non-hydrogen) atoms. The lowest BCUT2D eigenvalue weighted by molar-refractivity contribution is -0.113. The van der Waals surface area contributed by atoms with Gasteiger partial charge in [-0.15, -0.1) is 0 Å². The largest absolute Gasteiger partial charge is 0.492 e. The molecule has 5 nitrogen and oxygen atoms in total. The van der Waals surface area contributed by atoms with Crippen molar-refractivity contribution in [2.45, 2.75) is 18.9 Å². The Hall–Kier alpha value is -4.24. The maximum atomic E-state index is 13.8. The standard InChI is InChI=1S/C31H28F4N2O3/c1-37(2)11-12-40-25-7-5-21(6-8-25)31(39)36-24-17-22(13-19-3-9-26(32)28(34)15-19)30(38)23(18-24)14-20-4-10-27(33)29(35)16-20/h3-10,13-16,24H,11-12,17-18H2,1-2H3,(H,36,39). The molecule has 3 aromatic rings. The van der Waals surface area contributed by atoms with E-state index in [2.05, 4.69) is 5.32 Å². The van der Waals surface area contributed by atoms with Gasteiger partial charge in [-0.05, 0) is 98.7 Å². The molecule has 1 aliphatic carbocycles. The minimum absolute atomic E-state index is 0.129. The zero-order valence-electron chi connectivity index (χ0n) is 22.0. The molecule has 0 atom stereocenters. The normalized spacial score (nSPS) is 17.5. The number of Topliss-reactive ketones (excluding diaryl/α,β-unsaturated/α-hetero) is 1. The molecule has 1 saturated carbocycles.